The van der Waals surface area contributed by atoms with Crippen LogP contribution in [0.4, 0.5) is 0 Å². The fourth-order valence-corrected chi connectivity index (χ4v) is 29.3. The molecule has 0 saturated carbocycles. The molecule has 0 atom stereocenters. The van der Waals surface area contributed by atoms with Gasteiger partial charge in [0.15, 0.2) is 5.38 Å². The predicted octanol–water partition coefficient (Wildman–Crippen LogP) is 19.2. The smallest absolute Gasteiger partial charge is 0.239 e. The van der Waals surface area contributed by atoms with E-state index in [0.29, 0.717) is 0 Å². The molecule has 0 aromatic heterocycles. The van der Waals surface area contributed by atoms with Crippen molar-refractivity contribution in [3.8, 4) is 0 Å². The molecule has 0 saturated heterocycles. The first kappa shape index (κ1) is 56.9. The molecule has 44 heavy (non-hydrogen) atoms. The molecule has 266 valence electrons. The van der Waals surface area contributed by atoms with E-state index in [1.807, 2.05) is 0 Å². The van der Waals surface area contributed by atoms with Crippen LogP contribution in [0.2, 0.25) is 0 Å². The molecule has 0 amide bonds. The van der Waals surface area contributed by atoms with Crippen molar-refractivity contribution in [3.63, 3.8) is 0 Å². The highest BCUT2D eigenvalue weighted by atomic mass is 80.0. The van der Waals surface area contributed by atoms with Crippen LogP contribution in [0, 0.1) is 0 Å². The molecule has 0 aliphatic carbocycles. The highest BCUT2D eigenvalue weighted by Crippen LogP contribution is 2.82. The summed E-state index contributed by atoms with van der Waals surface area (Å²) in [5.41, 5.74) is 0. The summed E-state index contributed by atoms with van der Waals surface area (Å²) in [5.74, 6) is 0. The maximum atomic E-state index is 11.6. The summed E-state index contributed by atoms with van der Waals surface area (Å²) < 4.78 is 11.3. The SMILES string of the molecule is O=[SH](=O)OC(Br)(Br)C(Br)(Br)C(Br)(Br)C(Br)(Br)C(Br)(Br)C(Br)(Br)C(Br)(Br)C(Br)(Br)C(Br)(Br)C(Br)(Br)C(Br)(Br)C(Br)(Br)C(Br)(Br)Br. The van der Waals surface area contributed by atoms with Gasteiger partial charge in [0.1, 0.15) is 32.3 Å². The molecule has 0 bridgehead atoms. The lowest BCUT2D eigenvalue weighted by atomic mass is 10.0. The third-order valence-electron chi connectivity index (χ3n) is 4.85. The van der Waals surface area contributed by atoms with E-state index in [1.165, 1.54) is 0 Å². The van der Waals surface area contributed by atoms with E-state index in [9.17, 15) is 8.42 Å². The summed E-state index contributed by atoms with van der Waals surface area (Å²) >= 11 is 101. The normalized spacial score (nSPS) is 17.0. The molecule has 0 heterocycles. The van der Waals surface area contributed by atoms with Gasteiger partial charge in [0.25, 0.3) is 11.0 Å². The van der Waals surface area contributed by atoms with Crippen LogP contribution in [0.1, 0.15) is 0 Å². The van der Waals surface area contributed by atoms with Crippen LogP contribution >= 0.6 is 430 Å². The van der Waals surface area contributed by atoms with Crippen LogP contribution in [0.25, 0.3) is 0 Å². The maximum absolute atomic E-state index is 11.6. The Bertz CT molecular complexity index is 1140. The summed E-state index contributed by atoms with van der Waals surface area (Å²) in [6, 6.07) is 0. The van der Waals surface area contributed by atoms with E-state index in [2.05, 4.69) is 430 Å². The molecule has 0 N–H and O–H groups in total. The minimum atomic E-state index is -3.31. The molecule has 0 radical (unpaired) electrons. The number of thiol groups is 1. The van der Waals surface area contributed by atoms with Crippen molar-refractivity contribution in [3.05, 3.63) is 0 Å². The minimum absolute atomic E-state index is 0.909. The third kappa shape index (κ3) is 10.1. The zero-order valence-corrected chi connectivity index (χ0v) is 62.1. The highest BCUT2D eigenvalue weighted by molar-refractivity contribution is 9.42. The van der Waals surface area contributed by atoms with Gasteiger partial charge in [-0.15, -0.1) is 0 Å². The summed E-state index contributed by atoms with van der Waals surface area (Å²) in [7, 11) is -3.31. The van der Waals surface area contributed by atoms with Gasteiger partial charge in [0, 0.05) is 0 Å². The van der Waals surface area contributed by atoms with E-state index in [4.69, 9.17) is 4.18 Å². The maximum Gasteiger partial charge on any atom is 0.259 e. The van der Waals surface area contributed by atoms with Gasteiger partial charge in [0.2, 0.25) is 3.42 Å². The average Bonchev–Trinajstić information content (AvgIpc) is 2.75. The fraction of sp³-hybridized carbons (Fsp3) is 1.00. The molecule has 0 rings (SSSR count). The Morgan fingerprint density at radius 3 is 0.591 bits per heavy atom. The molecule has 3 nitrogen and oxygen atoms in total. The lowest BCUT2D eigenvalue weighted by Crippen LogP contribution is -2.72. The Morgan fingerprint density at radius 1 is 0.273 bits per heavy atom. The summed E-state index contributed by atoms with van der Waals surface area (Å²) in [5, 5.41) is 0. The van der Waals surface area contributed by atoms with Crippen LogP contribution in [-0.4, -0.2) is 49.5 Å². The molecule has 0 aromatic carbocycles. The largest absolute Gasteiger partial charge is 0.259 e. The van der Waals surface area contributed by atoms with Gasteiger partial charge in [-0.1, -0.05) is 398 Å². The van der Waals surface area contributed by atoms with Crippen LogP contribution in [0.5, 0.6) is 0 Å². The Morgan fingerprint density at radius 2 is 0.432 bits per heavy atom. The summed E-state index contributed by atoms with van der Waals surface area (Å²) in [4.78, 5) is 0. The monoisotopic (exact) mass is 2370 g/mol. The Hall–Kier alpha value is 12.9. The van der Waals surface area contributed by atoms with Crippen LogP contribution in [0.3, 0.4) is 0 Å². The molecular formula is C13HBr27O3S. The lowest BCUT2D eigenvalue weighted by Gasteiger charge is -2.61. The molecule has 0 unspecified atom stereocenters. The van der Waals surface area contributed by atoms with Crippen LogP contribution in [0.15, 0.2) is 0 Å². The first-order chi connectivity index (χ1) is 18.4. The van der Waals surface area contributed by atoms with Crippen molar-refractivity contribution in [1.82, 2.24) is 0 Å². The van der Waals surface area contributed by atoms with Crippen molar-refractivity contribution < 1.29 is 12.6 Å². The zero-order valence-electron chi connectivity index (χ0n) is 18.4. The molecule has 0 fully saturated rings. The first-order valence-corrected chi connectivity index (χ1v) is 31.4. The van der Waals surface area contributed by atoms with Crippen molar-refractivity contribution in [2.75, 3.05) is 0 Å². The molecule has 0 aliphatic rings. The van der Waals surface area contributed by atoms with E-state index in [1.54, 1.807) is 0 Å². The minimum Gasteiger partial charge on any atom is -0.239 e. The van der Waals surface area contributed by atoms with Crippen molar-refractivity contribution >= 4 is 441 Å². The Labute approximate surface area is 483 Å². The Kier molecular flexibility index (Phi) is 24.2. The first-order valence-electron chi connectivity index (χ1n) is 8.85. The zero-order chi connectivity index (χ0) is 36.8. The van der Waals surface area contributed by atoms with E-state index >= 15 is 0 Å². The number of halogens is 27. The number of hydrogen-bond donors (Lipinski definition) is 1. The quantitative estimate of drug-likeness (QED) is 0.148. The lowest BCUT2D eigenvalue weighted by molar-refractivity contribution is 0.270. The van der Waals surface area contributed by atoms with Crippen molar-refractivity contribution in [2.24, 2.45) is 0 Å². The average molecular weight is 2390 g/mol. The van der Waals surface area contributed by atoms with Gasteiger partial charge in [0.05, 0.1) is 0 Å². The molecule has 0 spiro atoms. The van der Waals surface area contributed by atoms with E-state index in [-0.39, 0.29) is 0 Å². The predicted molar refractivity (Wildman–Crippen MR) is 288 cm³/mol. The van der Waals surface area contributed by atoms with Gasteiger partial charge in [-0.2, -0.15) is 0 Å². The van der Waals surface area contributed by atoms with Gasteiger partial charge in [-0.3, -0.25) is 0 Å². The fourth-order valence-electron chi connectivity index (χ4n) is 2.29. The number of rotatable bonds is 13. The van der Waals surface area contributed by atoms with Crippen LogP contribution in [-0.2, 0) is 15.2 Å². The van der Waals surface area contributed by atoms with Crippen molar-refractivity contribution in [2.45, 2.75) is 41.1 Å². The van der Waals surface area contributed by atoms with Crippen molar-refractivity contribution in [1.29, 1.82) is 0 Å². The highest BCUT2D eigenvalue weighted by Gasteiger charge is 2.82. The second-order valence-corrected chi connectivity index (χ2v) is 56.2. The Balaban J connectivity index is 7.47. The number of hydrogen-bond acceptors (Lipinski definition) is 3. The number of alkyl halides is 27. The molecule has 31 heteroatoms. The molecule has 0 aromatic rings. The standard InChI is InChI=1S/C13HBr27O3S/c14-1(15,2(16,17)4(20,21)6(24,25)8(28,29)10(32,33)12(36,37)38)3(18,19)5(22,23)7(26,27)9(30,31)11(34,35)13(39,40)43-44(41)42/h44H. The van der Waals surface area contributed by atoms with Gasteiger partial charge >= 0.3 is 0 Å². The third-order valence-corrected chi connectivity index (χ3v) is 61.8. The summed E-state index contributed by atoms with van der Waals surface area (Å²) in [6.45, 7) is 0. The van der Waals surface area contributed by atoms with E-state index in [0.717, 1.165) is 0 Å². The van der Waals surface area contributed by atoms with Gasteiger partial charge < -0.3 is 0 Å². The van der Waals surface area contributed by atoms with E-state index < -0.39 is 52.1 Å². The van der Waals surface area contributed by atoms with Gasteiger partial charge in [-0.25, -0.2) is 12.6 Å². The molecule has 0 aliphatic heterocycles. The second kappa shape index (κ2) is 18.7. The second-order valence-electron chi connectivity index (χ2n) is 7.65. The van der Waals surface area contributed by atoms with Crippen LogP contribution < -0.4 is 0 Å². The van der Waals surface area contributed by atoms with Gasteiger partial charge in [-0.05, 0) is 31.9 Å². The summed E-state index contributed by atoms with van der Waals surface area (Å²) in [6.07, 6.45) is 0. The molecular weight excluding hydrogens is 2390 g/mol. The topological polar surface area (TPSA) is 43.4 Å².